The van der Waals surface area contributed by atoms with Crippen molar-refractivity contribution in [3.63, 3.8) is 0 Å². The summed E-state index contributed by atoms with van der Waals surface area (Å²) in [5.74, 6) is -1.21. The van der Waals surface area contributed by atoms with Crippen molar-refractivity contribution in [1.82, 2.24) is 0 Å². The first-order chi connectivity index (χ1) is 8.08. The highest BCUT2D eigenvalue weighted by molar-refractivity contribution is 9.10. The molecule has 0 saturated heterocycles. The average molecular weight is 383 g/mol. The van der Waals surface area contributed by atoms with E-state index >= 15 is 0 Å². The average Bonchev–Trinajstić information content (AvgIpc) is 2.62. The smallest absolute Gasteiger partial charge is 0.150 e. The molecule has 0 radical (unpaired) electrons. The van der Waals surface area contributed by atoms with Crippen LogP contribution in [0.25, 0.3) is 0 Å². The molecule has 1 aromatic carbocycles. The molecule has 0 spiro atoms. The topological polar surface area (TPSA) is 12.0 Å². The lowest BCUT2D eigenvalue weighted by Crippen LogP contribution is -2.03. The molecule has 0 unspecified atom stereocenters. The molecule has 0 aliphatic heterocycles. The lowest BCUT2D eigenvalue weighted by Gasteiger charge is -2.08. The van der Waals surface area contributed by atoms with Crippen LogP contribution in [-0.2, 0) is 6.54 Å². The van der Waals surface area contributed by atoms with Crippen LogP contribution >= 0.6 is 43.2 Å². The van der Waals surface area contributed by atoms with E-state index in [1.54, 1.807) is 0 Å². The Bertz CT molecular complexity index is 519. The Kier molecular flexibility index (Phi) is 4.17. The van der Waals surface area contributed by atoms with Gasteiger partial charge in [0.25, 0.3) is 0 Å². The lowest BCUT2D eigenvalue weighted by molar-refractivity contribution is 0.586. The van der Waals surface area contributed by atoms with Crippen molar-refractivity contribution >= 4 is 48.9 Å². The molecule has 0 saturated carbocycles. The van der Waals surface area contributed by atoms with E-state index < -0.39 is 11.6 Å². The molecule has 0 bridgehead atoms. The van der Waals surface area contributed by atoms with Crippen molar-refractivity contribution in [2.24, 2.45) is 0 Å². The summed E-state index contributed by atoms with van der Waals surface area (Å²) < 4.78 is 28.3. The van der Waals surface area contributed by atoms with Crippen LogP contribution in [0.4, 0.5) is 14.5 Å². The van der Waals surface area contributed by atoms with Crippen LogP contribution in [0.15, 0.2) is 32.5 Å². The van der Waals surface area contributed by atoms with Crippen molar-refractivity contribution < 1.29 is 8.78 Å². The third kappa shape index (κ3) is 3.05. The van der Waals surface area contributed by atoms with Gasteiger partial charge < -0.3 is 5.32 Å². The van der Waals surface area contributed by atoms with Crippen molar-refractivity contribution in [1.29, 1.82) is 0 Å². The summed E-state index contributed by atoms with van der Waals surface area (Å²) in [5, 5.41) is 4.67. The number of thiophene rings is 1. The quantitative estimate of drug-likeness (QED) is 0.772. The van der Waals surface area contributed by atoms with Crippen LogP contribution in [0.5, 0.6) is 0 Å². The minimum atomic E-state index is -0.607. The van der Waals surface area contributed by atoms with E-state index in [0.717, 1.165) is 9.35 Å². The van der Waals surface area contributed by atoms with E-state index in [4.69, 9.17) is 0 Å². The number of rotatable bonds is 3. The van der Waals surface area contributed by atoms with Gasteiger partial charge in [0.1, 0.15) is 17.3 Å². The summed E-state index contributed by atoms with van der Waals surface area (Å²) in [6.07, 6.45) is 0. The second kappa shape index (κ2) is 5.46. The number of benzene rings is 1. The van der Waals surface area contributed by atoms with Gasteiger partial charge in [-0.15, -0.1) is 11.3 Å². The molecule has 90 valence electrons. The zero-order valence-corrected chi connectivity index (χ0v) is 12.4. The number of nitrogens with one attached hydrogen (secondary N) is 1. The zero-order valence-electron chi connectivity index (χ0n) is 8.44. The highest BCUT2D eigenvalue weighted by atomic mass is 79.9. The standard InChI is InChI=1S/C11H7Br2F2NS/c12-6-3-8(14)11(9(15)4-6)16-5-10-7(13)1-2-17-10/h1-4,16H,5H2. The van der Waals surface area contributed by atoms with Gasteiger partial charge in [-0.1, -0.05) is 15.9 Å². The summed E-state index contributed by atoms with van der Waals surface area (Å²) >= 11 is 7.92. The van der Waals surface area contributed by atoms with Gasteiger partial charge in [-0.25, -0.2) is 8.78 Å². The molecule has 2 aromatic rings. The van der Waals surface area contributed by atoms with Crippen molar-refractivity contribution in [3.8, 4) is 0 Å². The van der Waals surface area contributed by atoms with E-state index in [1.807, 2.05) is 11.4 Å². The molecule has 0 amide bonds. The lowest BCUT2D eigenvalue weighted by atomic mass is 10.3. The molecule has 0 aliphatic carbocycles. The fourth-order valence-electron chi connectivity index (χ4n) is 1.33. The third-order valence-corrected chi connectivity index (χ3v) is 4.51. The summed E-state index contributed by atoms with van der Waals surface area (Å²) in [6.45, 7) is 0.383. The second-order valence-corrected chi connectivity index (χ2v) is 6.06. The summed E-state index contributed by atoms with van der Waals surface area (Å²) in [7, 11) is 0. The Balaban J connectivity index is 2.17. The van der Waals surface area contributed by atoms with Crippen LogP contribution in [0.3, 0.4) is 0 Å². The summed E-state index contributed by atoms with van der Waals surface area (Å²) in [5.41, 5.74) is -0.103. The van der Waals surface area contributed by atoms with E-state index in [1.165, 1.54) is 23.5 Å². The van der Waals surface area contributed by atoms with Gasteiger partial charge >= 0.3 is 0 Å². The molecule has 2 rings (SSSR count). The number of hydrogen-bond donors (Lipinski definition) is 1. The Hall–Kier alpha value is -0.460. The number of halogens is 4. The SMILES string of the molecule is Fc1cc(Br)cc(F)c1NCc1sccc1Br. The monoisotopic (exact) mass is 381 g/mol. The van der Waals surface area contributed by atoms with Crippen molar-refractivity contribution in [3.05, 3.63) is 49.0 Å². The first-order valence-electron chi connectivity index (χ1n) is 4.68. The maximum absolute atomic E-state index is 13.5. The van der Waals surface area contributed by atoms with Gasteiger partial charge in [0.2, 0.25) is 0 Å². The third-order valence-electron chi connectivity index (χ3n) is 2.12. The molecule has 1 heterocycles. The first-order valence-corrected chi connectivity index (χ1v) is 7.15. The largest absolute Gasteiger partial charge is 0.375 e. The van der Waals surface area contributed by atoms with Gasteiger partial charge in [0.05, 0.1) is 6.54 Å². The molecule has 0 fully saturated rings. The maximum atomic E-state index is 13.5. The molecular formula is C11H7Br2F2NS. The maximum Gasteiger partial charge on any atom is 0.150 e. The zero-order chi connectivity index (χ0) is 12.4. The van der Waals surface area contributed by atoms with E-state index in [9.17, 15) is 8.78 Å². The minimum absolute atomic E-state index is 0.103. The van der Waals surface area contributed by atoms with E-state index in [2.05, 4.69) is 37.2 Å². The summed E-state index contributed by atoms with van der Waals surface area (Å²) in [4.78, 5) is 0.992. The molecule has 17 heavy (non-hydrogen) atoms. The van der Waals surface area contributed by atoms with Crippen molar-refractivity contribution in [2.75, 3.05) is 5.32 Å². The Morgan fingerprint density at radius 1 is 1.18 bits per heavy atom. The summed E-state index contributed by atoms with van der Waals surface area (Å²) in [6, 6.07) is 4.36. The van der Waals surface area contributed by atoms with Crippen molar-refractivity contribution in [2.45, 2.75) is 6.54 Å². The fraction of sp³-hybridized carbons (Fsp3) is 0.0909. The van der Waals surface area contributed by atoms with Gasteiger partial charge in [-0.05, 0) is 39.5 Å². The molecule has 1 N–H and O–H groups in total. The fourth-order valence-corrected chi connectivity index (χ4v) is 3.17. The van der Waals surface area contributed by atoms with Crippen LogP contribution in [0.1, 0.15) is 4.88 Å². The van der Waals surface area contributed by atoms with Gasteiger partial charge in [0, 0.05) is 13.8 Å². The van der Waals surface area contributed by atoms with Crippen LogP contribution in [0.2, 0.25) is 0 Å². The van der Waals surface area contributed by atoms with E-state index in [-0.39, 0.29) is 5.69 Å². The van der Waals surface area contributed by atoms with Gasteiger partial charge in [-0.2, -0.15) is 0 Å². The van der Waals surface area contributed by atoms with Gasteiger partial charge in [-0.3, -0.25) is 0 Å². The molecule has 1 nitrogen and oxygen atoms in total. The second-order valence-electron chi connectivity index (χ2n) is 3.29. The molecular weight excluding hydrogens is 376 g/mol. The predicted molar refractivity (Wildman–Crippen MR) is 73.4 cm³/mol. The molecule has 6 heteroatoms. The Morgan fingerprint density at radius 3 is 2.35 bits per heavy atom. The van der Waals surface area contributed by atoms with E-state index in [0.29, 0.717) is 11.0 Å². The molecule has 1 aromatic heterocycles. The predicted octanol–water partition coefficient (Wildman–Crippen LogP) is 5.16. The van der Waals surface area contributed by atoms with Crippen LogP contribution in [0, 0.1) is 11.6 Å². The Labute approximate surface area is 118 Å². The number of anilines is 1. The van der Waals surface area contributed by atoms with Crippen LogP contribution in [-0.4, -0.2) is 0 Å². The highest BCUT2D eigenvalue weighted by Crippen LogP contribution is 2.27. The highest BCUT2D eigenvalue weighted by Gasteiger charge is 2.11. The van der Waals surface area contributed by atoms with Gasteiger partial charge in [0.15, 0.2) is 0 Å². The van der Waals surface area contributed by atoms with Crippen LogP contribution < -0.4 is 5.32 Å². The number of hydrogen-bond acceptors (Lipinski definition) is 2. The molecule has 0 atom stereocenters. The normalized spacial score (nSPS) is 10.6. The first kappa shape index (κ1) is 13.0. The minimum Gasteiger partial charge on any atom is -0.375 e. The molecule has 0 aliphatic rings. The Morgan fingerprint density at radius 2 is 1.82 bits per heavy atom.